The second-order valence-electron chi connectivity index (χ2n) is 5.24. The van der Waals surface area contributed by atoms with E-state index >= 15 is 0 Å². The van der Waals surface area contributed by atoms with Gasteiger partial charge in [-0.2, -0.15) is 5.10 Å². The molecule has 22 heavy (non-hydrogen) atoms. The first-order valence-corrected chi connectivity index (χ1v) is 8.03. The Morgan fingerprint density at radius 3 is 2.86 bits per heavy atom. The van der Waals surface area contributed by atoms with Crippen molar-refractivity contribution < 1.29 is 0 Å². The van der Waals surface area contributed by atoms with Crippen molar-refractivity contribution in [1.29, 1.82) is 0 Å². The van der Waals surface area contributed by atoms with Crippen LogP contribution in [0.25, 0.3) is 10.8 Å². The second kappa shape index (κ2) is 6.76. The molecule has 0 aliphatic rings. The van der Waals surface area contributed by atoms with Crippen LogP contribution >= 0.6 is 11.3 Å². The first-order valence-electron chi connectivity index (χ1n) is 7.15. The molecule has 0 aliphatic carbocycles. The average molecular weight is 314 g/mol. The smallest absolute Gasteiger partial charge is 0.188 e. The standard InChI is InChI=1S/C15H18N6S/c1-11-6-19-21(8-11)9-12(2)18-7-13-10-22-15(20-13)14-16-4-3-5-17-14/h3-6,8,10,12,18H,7,9H2,1-2H3/t12-/m0/s1. The van der Waals surface area contributed by atoms with Gasteiger partial charge in [0.2, 0.25) is 0 Å². The lowest BCUT2D eigenvalue weighted by molar-refractivity contribution is 0.449. The number of nitrogens with zero attached hydrogens (tertiary/aromatic N) is 5. The van der Waals surface area contributed by atoms with Crippen LogP contribution in [0.2, 0.25) is 0 Å². The van der Waals surface area contributed by atoms with Gasteiger partial charge in [0.25, 0.3) is 0 Å². The zero-order valence-electron chi connectivity index (χ0n) is 12.6. The quantitative estimate of drug-likeness (QED) is 0.756. The number of nitrogens with one attached hydrogen (secondary N) is 1. The minimum atomic E-state index is 0.317. The van der Waals surface area contributed by atoms with Gasteiger partial charge in [0.15, 0.2) is 10.8 Å². The lowest BCUT2D eigenvalue weighted by Gasteiger charge is -2.12. The summed E-state index contributed by atoms with van der Waals surface area (Å²) in [6, 6.07) is 2.12. The van der Waals surface area contributed by atoms with E-state index < -0.39 is 0 Å². The maximum Gasteiger partial charge on any atom is 0.188 e. The molecule has 3 aromatic heterocycles. The van der Waals surface area contributed by atoms with Gasteiger partial charge >= 0.3 is 0 Å². The van der Waals surface area contributed by atoms with Crippen LogP contribution in [-0.2, 0) is 13.1 Å². The number of aromatic nitrogens is 5. The fourth-order valence-electron chi connectivity index (χ4n) is 2.09. The van der Waals surface area contributed by atoms with E-state index in [1.165, 1.54) is 5.56 Å². The highest BCUT2D eigenvalue weighted by Crippen LogP contribution is 2.19. The normalized spacial score (nSPS) is 12.5. The Kier molecular flexibility index (Phi) is 4.55. The Balaban J connectivity index is 1.54. The van der Waals surface area contributed by atoms with Crippen molar-refractivity contribution in [3.05, 3.63) is 47.5 Å². The van der Waals surface area contributed by atoms with Gasteiger partial charge in [-0.3, -0.25) is 4.68 Å². The van der Waals surface area contributed by atoms with Crippen LogP contribution in [0.4, 0.5) is 0 Å². The van der Waals surface area contributed by atoms with E-state index in [0.29, 0.717) is 11.9 Å². The van der Waals surface area contributed by atoms with Gasteiger partial charge in [-0.1, -0.05) is 0 Å². The monoisotopic (exact) mass is 314 g/mol. The molecule has 114 valence electrons. The van der Waals surface area contributed by atoms with E-state index in [-0.39, 0.29) is 0 Å². The molecule has 1 N–H and O–H groups in total. The highest BCUT2D eigenvalue weighted by Gasteiger charge is 2.08. The number of hydrogen-bond acceptors (Lipinski definition) is 6. The molecule has 0 radical (unpaired) electrons. The molecule has 0 bridgehead atoms. The first-order chi connectivity index (χ1) is 10.7. The largest absolute Gasteiger partial charge is 0.307 e. The zero-order chi connectivity index (χ0) is 15.4. The number of aryl methyl sites for hydroxylation is 1. The minimum absolute atomic E-state index is 0.317. The fourth-order valence-corrected chi connectivity index (χ4v) is 2.86. The summed E-state index contributed by atoms with van der Waals surface area (Å²) in [6.07, 6.45) is 7.39. The van der Waals surface area contributed by atoms with Crippen LogP contribution in [0.1, 0.15) is 18.2 Å². The molecule has 0 unspecified atom stereocenters. The predicted octanol–water partition coefficient (Wildman–Crippen LogP) is 2.28. The molecule has 0 saturated carbocycles. The molecule has 6 nitrogen and oxygen atoms in total. The molecule has 3 heterocycles. The Morgan fingerprint density at radius 1 is 1.32 bits per heavy atom. The summed E-state index contributed by atoms with van der Waals surface area (Å²) >= 11 is 1.57. The summed E-state index contributed by atoms with van der Waals surface area (Å²) in [5.41, 5.74) is 2.19. The van der Waals surface area contributed by atoms with Gasteiger partial charge in [0.05, 0.1) is 18.4 Å². The molecule has 0 amide bonds. The SMILES string of the molecule is Cc1cnn(C[C@H](C)NCc2csc(-c3ncccn3)n2)c1. The van der Waals surface area contributed by atoms with Crippen molar-refractivity contribution in [2.75, 3.05) is 0 Å². The number of rotatable bonds is 6. The van der Waals surface area contributed by atoms with Crippen LogP contribution in [0.3, 0.4) is 0 Å². The third-order valence-corrected chi connectivity index (χ3v) is 4.05. The van der Waals surface area contributed by atoms with Crippen LogP contribution in [0.15, 0.2) is 36.2 Å². The second-order valence-corrected chi connectivity index (χ2v) is 6.10. The third-order valence-electron chi connectivity index (χ3n) is 3.16. The van der Waals surface area contributed by atoms with Gasteiger partial charge in [-0.15, -0.1) is 11.3 Å². The van der Waals surface area contributed by atoms with E-state index in [1.54, 1.807) is 29.8 Å². The van der Waals surface area contributed by atoms with Crippen LogP contribution < -0.4 is 5.32 Å². The van der Waals surface area contributed by atoms with Gasteiger partial charge in [0.1, 0.15) is 0 Å². The van der Waals surface area contributed by atoms with E-state index in [1.807, 2.05) is 29.4 Å². The minimum Gasteiger partial charge on any atom is -0.307 e. The molecule has 0 aliphatic heterocycles. The lowest BCUT2D eigenvalue weighted by Crippen LogP contribution is -2.30. The van der Waals surface area contributed by atoms with Crippen LogP contribution in [-0.4, -0.2) is 30.8 Å². The Bertz CT molecular complexity index is 720. The van der Waals surface area contributed by atoms with Crippen molar-refractivity contribution in [2.24, 2.45) is 0 Å². The Morgan fingerprint density at radius 2 is 2.14 bits per heavy atom. The zero-order valence-corrected chi connectivity index (χ0v) is 13.4. The fraction of sp³-hybridized carbons (Fsp3) is 0.333. The molecular formula is C15H18N6S. The lowest BCUT2D eigenvalue weighted by atomic mass is 10.3. The summed E-state index contributed by atoms with van der Waals surface area (Å²) in [5, 5.41) is 10.7. The summed E-state index contributed by atoms with van der Waals surface area (Å²) in [7, 11) is 0. The number of thiazole rings is 1. The first kappa shape index (κ1) is 14.8. The van der Waals surface area contributed by atoms with Crippen molar-refractivity contribution in [3.63, 3.8) is 0 Å². The Labute approximate surface area is 133 Å². The van der Waals surface area contributed by atoms with E-state index in [2.05, 4.69) is 32.3 Å². The maximum absolute atomic E-state index is 4.57. The molecule has 3 aromatic rings. The molecule has 1 atom stereocenters. The van der Waals surface area contributed by atoms with Crippen LogP contribution in [0, 0.1) is 6.92 Å². The molecule has 0 saturated heterocycles. The van der Waals surface area contributed by atoms with E-state index in [0.717, 1.165) is 23.8 Å². The van der Waals surface area contributed by atoms with Gasteiger partial charge < -0.3 is 5.32 Å². The summed E-state index contributed by atoms with van der Waals surface area (Å²) < 4.78 is 1.96. The molecule has 0 spiro atoms. The number of hydrogen-bond donors (Lipinski definition) is 1. The molecule has 0 fully saturated rings. The Hall–Kier alpha value is -2.12. The van der Waals surface area contributed by atoms with E-state index in [4.69, 9.17) is 0 Å². The topological polar surface area (TPSA) is 68.5 Å². The third kappa shape index (κ3) is 3.75. The van der Waals surface area contributed by atoms with Crippen molar-refractivity contribution in [3.8, 4) is 10.8 Å². The van der Waals surface area contributed by atoms with E-state index in [9.17, 15) is 0 Å². The predicted molar refractivity (Wildman–Crippen MR) is 86.4 cm³/mol. The summed E-state index contributed by atoms with van der Waals surface area (Å²) in [5.74, 6) is 0.679. The molecule has 3 rings (SSSR count). The molecule has 7 heteroatoms. The molecule has 0 aromatic carbocycles. The highest BCUT2D eigenvalue weighted by molar-refractivity contribution is 7.13. The average Bonchev–Trinajstić information content (AvgIpc) is 3.15. The van der Waals surface area contributed by atoms with Gasteiger partial charge in [-0.05, 0) is 25.5 Å². The van der Waals surface area contributed by atoms with Crippen molar-refractivity contribution in [2.45, 2.75) is 33.0 Å². The van der Waals surface area contributed by atoms with Crippen molar-refractivity contribution in [1.82, 2.24) is 30.0 Å². The van der Waals surface area contributed by atoms with Gasteiger partial charge in [-0.25, -0.2) is 15.0 Å². The van der Waals surface area contributed by atoms with Crippen molar-refractivity contribution >= 4 is 11.3 Å². The van der Waals surface area contributed by atoms with Crippen LogP contribution in [0.5, 0.6) is 0 Å². The molecular weight excluding hydrogens is 296 g/mol. The van der Waals surface area contributed by atoms with Gasteiger partial charge in [0, 0.05) is 36.6 Å². The maximum atomic E-state index is 4.57. The highest BCUT2D eigenvalue weighted by atomic mass is 32.1. The summed E-state index contributed by atoms with van der Waals surface area (Å²) in [4.78, 5) is 13.0. The summed E-state index contributed by atoms with van der Waals surface area (Å²) in [6.45, 7) is 5.76.